The Hall–Kier alpha value is -5.92. The van der Waals surface area contributed by atoms with Gasteiger partial charge in [0.25, 0.3) is 22.7 Å². The van der Waals surface area contributed by atoms with Crippen molar-refractivity contribution in [2.75, 3.05) is 11.1 Å². The number of rotatable bonds is 8. The summed E-state index contributed by atoms with van der Waals surface area (Å²) in [6, 6.07) is 12.4. The molecule has 3 aromatic carbocycles. The molecule has 246 valence electrons. The minimum absolute atomic E-state index is 0.0381. The molecule has 2 amide bonds. The van der Waals surface area contributed by atoms with Crippen LogP contribution in [-0.4, -0.2) is 31.9 Å². The number of hydrogen-bond acceptors (Lipinski definition) is 11. The van der Waals surface area contributed by atoms with Gasteiger partial charge in [-0.1, -0.05) is 49.3 Å². The van der Waals surface area contributed by atoms with E-state index >= 15 is 0 Å². The fraction of sp³-hybridized carbons (Fsp3) is 0.294. The normalized spacial score (nSPS) is 16.3. The molecule has 2 heterocycles. The number of carbonyl (C=O) groups is 2. The van der Waals surface area contributed by atoms with Gasteiger partial charge >= 0.3 is 5.76 Å². The van der Waals surface area contributed by atoms with Crippen LogP contribution in [0.15, 0.2) is 67.7 Å². The van der Waals surface area contributed by atoms with Crippen LogP contribution in [-0.2, 0) is 19.4 Å². The van der Waals surface area contributed by atoms with Crippen molar-refractivity contribution < 1.29 is 14.1 Å². The van der Waals surface area contributed by atoms with E-state index in [-0.39, 0.29) is 41.4 Å². The fourth-order valence-electron chi connectivity index (χ4n) is 6.21. The Morgan fingerprint density at radius 1 is 0.896 bits per heavy atom. The van der Waals surface area contributed by atoms with Crippen molar-refractivity contribution in [3.8, 4) is 11.4 Å². The fourth-order valence-corrected chi connectivity index (χ4v) is 6.21. The maximum absolute atomic E-state index is 13.1. The molecule has 5 aromatic rings. The van der Waals surface area contributed by atoms with Gasteiger partial charge in [-0.3, -0.25) is 28.7 Å². The van der Waals surface area contributed by atoms with Gasteiger partial charge in [-0.15, -0.1) is 0 Å². The number of aromatic amines is 1. The van der Waals surface area contributed by atoms with Gasteiger partial charge in [0, 0.05) is 18.2 Å². The van der Waals surface area contributed by atoms with Crippen LogP contribution in [0.5, 0.6) is 0 Å². The maximum Gasteiger partial charge on any atom is 0.439 e. The van der Waals surface area contributed by atoms with Crippen LogP contribution in [0, 0.1) is 0 Å². The minimum Gasteiger partial charge on any atom is -0.394 e. The van der Waals surface area contributed by atoms with E-state index in [1.165, 1.54) is 12.4 Å². The quantitative estimate of drug-likeness (QED) is 0.154. The molecule has 0 aliphatic heterocycles. The largest absolute Gasteiger partial charge is 0.439 e. The summed E-state index contributed by atoms with van der Waals surface area (Å²) in [5.41, 5.74) is 10.3. The molecule has 0 saturated carbocycles. The third-order valence-electron chi connectivity index (χ3n) is 8.62. The van der Waals surface area contributed by atoms with Crippen molar-refractivity contribution in [2.45, 2.75) is 64.6 Å². The van der Waals surface area contributed by atoms with Crippen LogP contribution in [0.4, 0.5) is 11.4 Å². The minimum atomic E-state index is -0.664. The van der Waals surface area contributed by atoms with Crippen LogP contribution >= 0.6 is 0 Å². The van der Waals surface area contributed by atoms with Gasteiger partial charge in [0.1, 0.15) is 29.1 Å². The molecule has 48 heavy (non-hydrogen) atoms. The standard InChI is InChI=1S/C32H28N8O6.C2H6/c33-25-26(28(42)27(25)41)37-21-3-1-2-16-5-4-15(10-20(16)21)13-34-30(43)23-12-24(36-14-35-23)31(44)38-22-9-7-17-11-18(6-8-19(17)22)29-39-32(45)46-40-29;1-2/h4-6,8,10-12,14,21-22,37H,1-3,7,9,13,33H2,(H,34,43)(H,38,44)(H,39,40,45);1-2H3. The molecular weight excluding hydrogens is 616 g/mol. The highest BCUT2D eigenvalue weighted by molar-refractivity contribution is 5.97. The molecule has 2 aromatic heterocycles. The topological polar surface area (TPSA) is 215 Å². The second kappa shape index (κ2) is 13.4. The van der Waals surface area contributed by atoms with E-state index in [1.54, 1.807) is 6.07 Å². The zero-order chi connectivity index (χ0) is 33.9. The van der Waals surface area contributed by atoms with Crippen molar-refractivity contribution >= 4 is 23.2 Å². The van der Waals surface area contributed by atoms with Crippen LogP contribution in [0.1, 0.15) is 94.0 Å². The summed E-state index contributed by atoms with van der Waals surface area (Å²) >= 11 is 0. The average molecular weight is 651 g/mol. The van der Waals surface area contributed by atoms with Crippen molar-refractivity contribution in [2.24, 2.45) is 0 Å². The number of aromatic nitrogens is 4. The zero-order valence-corrected chi connectivity index (χ0v) is 26.4. The Morgan fingerprint density at radius 3 is 2.44 bits per heavy atom. The Morgan fingerprint density at radius 2 is 1.69 bits per heavy atom. The summed E-state index contributed by atoms with van der Waals surface area (Å²) in [4.78, 5) is 71.6. The van der Waals surface area contributed by atoms with Gasteiger partial charge in [-0.05, 0) is 66.0 Å². The molecule has 0 fully saturated rings. The predicted octanol–water partition coefficient (Wildman–Crippen LogP) is 2.86. The van der Waals surface area contributed by atoms with Gasteiger partial charge in [-0.25, -0.2) is 14.8 Å². The first-order valence-corrected chi connectivity index (χ1v) is 15.8. The van der Waals surface area contributed by atoms with Crippen molar-refractivity contribution in [1.29, 1.82) is 0 Å². The smallest absolute Gasteiger partial charge is 0.394 e. The lowest BCUT2D eigenvalue weighted by Crippen LogP contribution is -2.38. The van der Waals surface area contributed by atoms with Gasteiger partial charge in [0.15, 0.2) is 5.82 Å². The number of nitrogens with one attached hydrogen (secondary N) is 4. The second-order valence-corrected chi connectivity index (χ2v) is 11.5. The van der Waals surface area contributed by atoms with Crippen molar-refractivity contribution in [3.63, 3.8) is 0 Å². The van der Waals surface area contributed by atoms with Gasteiger partial charge < -0.3 is 21.7 Å². The van der Waals surface area contributed by atoms with Crippen LogP contribution in [0.2, 0.25) is 0 Å². The van der Waals surface area contributed by atoms with Crippen LogP contribution < -0.4 is 38.3 Å². The number of nitrogen functional groups attached to an aromatic ring is 1. The highest BCUT2D eigenvalue weighted by atomic mass is 16.5. The van der Waals surface area contributed by atoms with E-state index in [9.17, 15) is 24.0 Å². The van der Waals surface area contributed by atoms with Crippen LogP contribution in [0.3, 0.4) is 0 Å². The van der Waals surface area contributed by atoms with Gasteiger partial charge in [0.05, 0.1) is 12.1 Å². The maximum atomic E-state index is 13.1. The van der Waals surface area contributed by atoms with E-state index in [2.05, 4.69) is 40.6 Å². The van der Waals surface area contributed by atoms with E-state index in [1.807, 2.05) is 44.2 Å². The molecule has 2 aliphatic rings. The monoisotopic (exact) mass is 650 g/mol. The lowest BCUT2D eigenvalue weighted by Gasteiger charge is -2.28. The van der Waals surface area contributed by atoms with Crippen LogP contribution in [0.25, 0.3) is 11.4 Å². The van der Waals surface area contributed by atoms with Crippen molar-refractivity contribution in [1.82, 2.24) is 30.7 Å². The summed E-state index contributed by atoms with van der Waals surface area (Å²) in [6.45, 7) is 4.20. The molecule has 0 spiro atoms. The highest BCUT2D eigenvalue weighted by Gasteiger charge is 2.27. The lowest BCUT2D eigenvalue weighted by atomic mass is 9.86. The summed E-state index contributed by atoms with van der Waals surface area (Å²) in [5, 5.41) is 12.7. The number of amides is 2. The first-order chi connectivity index (χ1) is 23.2. The molecule has 2 aliphatic carbocycles. The molecule has 0 bridgehead atoms. The Labute approximate surface area is 273 Å². The summed E-state index contributed by atoms with van der Waals surface area (Å²) < 4.78 is 4.59. The molecule has 6 N–H and O–H groups in total. The SMILES string of the molecule is CC.Nc1c(NC2CCCc3ccc(CNC(=O)c4cc(C(=O)NC5CCc6cc(-c7noc(=O)[nH]7)ccc65)ncn4)cc32)c(=O)c1=O. The van der Waals surface area contributed by atoms with E-state index in [0.29, 0.717) is 17.8 Å². The average Bonchev–Trinajstić information content (AvgIpc) is 3.75. The summed E-state index contributed by atoms with van der Waals surface area (Å²) in [7, 11) is 0. The molecule has 14 heteroatoms. The number of hydrogen-bond donors (Lipinski definition) is 5. The molecule has 2 unspecified atom stereocenters. The van der Waals surface area contributed by atoms with E-state index < -0.39 is 28.4 Å². The highest BCUT2D eigenvalue weighted by Crippen LogP contribution is 2.35. The Bertz CT molecular complexity index is 2140. The molecule has 7 rings (SSSR count). The van der Waals surface area contributed by atoms with E-state index in [0.717, 1.165) is 53.5 Å². The molecule has 0 saturated heterocycles. The number of nitrogens with zero attached hydrogens (tertiary/aromatic N) is 3. The number of fused-ring (bicyclic) bond motifs is 2. The number of benzene rings is 2. The number of aryl methyl sites for hydroxylation is 2. The Balaban J connectivity index is 0.00000197. The molecule has 14 nitrogen and oxygen atoms in total. The van der Waals surface area contributed by atoms with Gasteiger partial charge in [-0.2, -0.15) is 0 Å². The first-order valence-electron chi connectivity index (χ1n) is 15.8. The number of H-pyrrole nitrogens is 1. The number of nitrogens with two attached hydrogens (primary N) is 1. The predicted molar refractivity (Wildman–Crippen MR) is 177 cm³/mol. The second-order valence-electron chi connectivity index (χ2n) is 11.5. The van der Waals surface area contributed by atoms with E-state index in [4.69, 9.17) is 5.73 Å². The molecular formula is C34H34N8O6. The van der Waals surface area contributed by atoms with Crippen molar-refractivity contribution in [3.05, 3.63) is 119 Å². The van der Waals surface area contributed by atoms with Gasteiger partial charge in [0.2, 0.25) is 0 Å². The summed E-state index contributed by atoms with van der Waals surface area (Å²) in [6.07, 6.45) is 5.14. The Kier molecular flexibility index (Phi) is 8.97. The zero-order valence-electron chi connectivity index (χ0n) is 26.4. The molecule has 2 atom stereocenters. The number of carbonyl (C=O) groups excluding carboxylic acids is 2. The third kappa shape index (κ3) is 6.24. The summed E-state index contributed by atoms with van der Waals surface area (Å²) in [5.74, 6) is -1.20. The lowest BCUT2D eigenvalue weighted by molar-refractivity contribution is 0.0931. The first kappa shape index (κ1) is 32.0. The molecule has 0 radical (unpaired) electrons. The third-order valence-corrected chi connectivity index (χ3v) is 8.62. The number of anilines is 2.